The van der Waals surface area contributed by atoms with Crippen LogP contribution in [0.2, 0.25) is 0 Å². The highest BCUT2D eigenvalue weighted by Crippen LogP contribution is 2.07. The lowest BCUT2D eigenvalue weighted by Gasteiger charge is -2.12. The Morgan fingerprint density at radius 3 is 2.29 bits per heavy atom. The van der Waals surface area contributed by atoms with Gasteiger partial charge in [-0.3, -0.25) is 5.01 Å². The number of aliphatic hydroxyl groups is 1. The summed E-state index contributed by atoms with van der Waals surface area (Å²) < 4.78 is 0. The highest BCUT2D eigenvalue weighted by molar-refractivity contribution is 5.24. The van der Waals surface area contributed by atoms with E-state index in [0.717, 1.165) is 11.1 Å². The Labute approximate surface area is 84.0 Å². The van der Waals surface area contributed by atoms with E-state index in [1.54, 1.807) is 11.2 Å². The monoisotopic (exact) mass is 190 g/mol. The van der Waals surface area contributed by atoms with E-state index in [2.05, 4.69) is 18.4 Å². The lowest BCUT2D eigenvalue weighted by molar-refractivity contribution is 0.282. The van der Waals surface area contributed by atoms with Crippen molar-refractivity contribution in [3.05, 3.63) is 48.2 Å². The summed E-state index contributed by atoms with van der Waals surface area (Å²) in [5.41, 5.74) is 2.01. The zero-order chi connectivity index (χ0) is 10.4. The fraction of sp³-hybridized carbons (Fsp3) is 0.182. The first-order valence-corrected chi connectivity index (χ1v) is 4.34. The first-order valence-electron chi connectivity index (χ1n) is 4.34. The minimum atomic E-state index is 0.0746. The molecule has 0 saturated carbocycles. The van der Waals surface area contributed by atoms with E-state index in [4.69, 9.17) is 5.11 Å². The van der Waals surface area contributed by atoms with E-state index in [9.17, 15) is 0 Å². The topological polar surface area (TPSA) is 35.8 Å². The number of hydrazone groups is 1. The van der Waals surface area contributed by atoms with Crippen LogP contribution in [0.15, 0.2) is 42.1 Å². The highest BCUT2D eigenvalue weighted by atomic mass is 16.3. The molecule has 74 valence electrons. The van der Waals surface area contributed by atoms with Crippen LogP contribution in [0.4, 0.5) is 0 Å². The second-order valence-corrected chi connectivity index (χ2v) is 2.90. The van der Waals surface area contributed by atoms with E-state index in [1.165, 1.54) is 0 Å². The van der Waals surface area contributed by atoms with E-state index in [0.29, 0.717) is 6.54 Å². The smallest absolute Gasteiger partial charge is 0.0681 e. The standard InChI is InChI=1S/C11H14N2O/c1-3-13(12-2)8-10-4-6-11(9-14)7-5-10/h3-7,14H,1-2,8-9H2. The van der Waals surface area contributed by atoms with Crippen molar-refractivity contribution >= 4 is 6.72 Å². The minimum absolute atomic E-state index is 0.0746. The number of rotatable bonds is 5. The van der Waals surface area contributed by atoms with Crippen LogP contribution in [-0.4, -0.2) is 16.8 Å². The molecule has 0 amide bonds. The Morgan fingerprint density at radius 2 is 1.86 bits per heavy atom. The fourth-order valence-corrected chi connectivity index (χ4v) is 1.11. The molecule has 0 fully saturated rings. The van der Waals surface area contributed by atoms with Crippen LogP contribution >= 0.6 is 0 Å². The van der Waals surface area contributed by atoms with Gasteiger partial charge in [-0.2, -0.15) is 5.10 Å². The predicted octanol–water partition coefficient (Wildman–Crippen LogP) is 1.74. The summed E-state index contributed by atoms with van der Waals surface area (Å²) in [7, 11) is 0. The van der Waals surface area contributed by atoms with Crippen molar-refractivity contribution in [3.8, 4) is 0 Å². The van der Waals surface area contributed by atoms with Crippen LogP contribution in [-0.2, 0) is 13.2 Å². The van der Waals surface area contributed by atoms with Gasteiger partial charge in [0.25, 0.3) is 0 Å². The van der Waals surface area contributed by atoms with Crippen LogP contribution in [0.25, 0.3) is 0 Å². The Morgan fingerprint density at radius 1 is 1.29 bits per heavy atom. The normalized spacial score (nSPS) is 9.50. The second kappa shape index (κ2) is 5.19. The van der Waals surface area contributed by atoms with Gasteiger partial charge in [-0.05, 0) is 11.1 Å². The van der Waals surface area contributed by atoms with Crippen LogP contribution in [0, 0.1) is 0 Å². The Kier molecular flexibility index (Phi) is 3.88. The van der Waals surface area contributed by atoms with Gasteiger partial charge >= 0.3 is 0 Å². The van der Waals surface area contributed by atoms with Gasteiger partial charge in [-0.15, -0.1) is 0 Å². The molecule has 1 aromatic carbocycles. The van der Waals surface area contributed by atoms with Crippen LogP contribution < -0.4 is 0 Å². The van der Waals surface area contributed by atoms with Crippen molar-refractivity contribution in [1.82, 2.24) is 5.01 Å². The molecular weight excluding hydrogens is 176 g/mol. The first-order chi connectivity index (χ1) is 6.80. The fourth-order valence-electron chi connectivity index (χ4n) is 1.11. The average molecular weight is 190 g/mol. The van der Waals surface area contributed by atoms with Gasteiger partial charge in [0.05, 0.1) is 13.2 Å². The van der Waals surface area contributed by atoms with E-state index >= 15 is 0 Å². The number of hydrogen-bond donors (Lipinski definition) is 1. The molecule has 0 spiro atoms. The molecule has 0 aliphatic carbocycles. The lowest BCUT2D eigenvalue weighted by atomic mass is 10.1. The molecular formula is C11H14N2O. The molecule has 0 radical (unpaired) electrons. The molecule has 0 bridgehead atoms. The largest absolute Gasteiger partial charge is 0.392 e. The average Bonchev–Trinajstić information content (AvgIpc) is 2.26. The predicted molar refractivity (Wildman–Crippen MR) is 57.7 cm³/mol. The van der Waals surface area contributed by atoms with Crippen molar-refractivity contribution in [2.24, 2.45) is 5.10 Å². The van der Waals surface area contributed by atoms with Crippen molar-refractivity contribution in [2.75, 3.05) is 0 Å². The van der Waals surface area contributed by atoms with Gasteiger partial charge in [-0.25, -0.2) is 0 Å². The van der Waals surface area contributed by atoms with Gasteiger partial charge in [-0.1, -0.05) is 30.8 Å². The summed E-state index contributed by atoms with van der Waals surface area (Å²) in [6.07, 6.45) is 1.62. The number of benzene rings is 1. The zero-order valence-electron chi connectivity index (χ0n) is 8.06. The van der Waals surface area contributed by atoms with Crippen molar-refractivity contribution in [3.63, 3.8) is 0 Å². The van der Waals surface area contributed by atoms with Gasteiger partial charge in [0.15, 0.2) is 0 Å². The molecule has 14 heavy (non-hydrogen) atoms. The van der Waals surface area contributed by atoms with Gasteiger partial charge in [0.2, 0.25) is 0 Å². The van der Waals surface area contributed by atoms with Gasteiger partial charge in [0, 0.05) is 12.9 Å². The van der Waals surface area contributed by atoms with Gasteiger partial charge < -0.3 is 5.11 Å². The Balaban J connectivity index is 2.67. The maximum Gasteiger partial charge on any atom is 0.0681 e. The third-order valence-corrected chi connectivity index (χ3v) is 1.94. The van der Waals surface area contributed by atoms with Gasteiger partial charge in [0.1, 0.15) is 0 Å². The summed E-state index contributed by atoms with van der Waals surface area (Å²) in [6.45, 7) is 7.77. The minimum Gasteiger partial charge on any atom is -0.392 e. The van der Waals surface area contributed by atoms with Crippen molar-refractivity contribution in [2.45, 2.75) is 13.2 Å². The van der Waals surface area contributed by atoms with E-state index < -0.39 is 0 Å². The highest BCUT2D eigenvalue weighted by Gasteiger charge is 1.97. The second-order valence-electron chi connectivity index (χ2n) is 2.90. The molecule has 0 heterocycles. The summed E-state index contributed by atoms with van der Waals surface area (Å²) in [5, 5.41) is 14.3. The van der Waals surface area contributed by atoms with Crippen LogP contribution in [0.3, 0.4) is 0 Å². The van der Waals surface area contributed by atoms with Crippen molar-refractivity contribution in [1.29, 1.82) is 0 Å². The molecule has 3 heteroatoms. The van der Waals surface area contributed by atoms with Crippen LogP contribution in [0.5, 0.6) is 0 Å². The number of aliphatic hydroxyl groups excluding tert-OH is 1. The zero-order valence-corrected chi connectivity index (χ0v) is 8.06. The molecule has 0 aliphatic rings. The Bertz CT molecular complexity index is 298. The molecule has 0 aromatic heterocycles. The summed E-state index contributed by atoms with van der Waals surface area (Å²) in [4.78, 5) is 0. The molecule has 0 atom stereocenters. The number of nitrogens with zero attached hydrogens (tertiary/aromatic N) is 2. The quantitative estimate of drug-likeness (QED) is 0.567. The van der Waals surface area contributed by atoms with E-state index in [1.807, 2.05) is 24.3 Å². The molecule has 0 aliphatic heterocycles. The molecule has 1 N–H and O–H groups in total. The molecule has 1 aromatic rings. The van der Waals surface area contributed by atoms with Crippen molar-refractivity contribution < 1.29 is 5.11 Å². The maximum absolute atomic E-state index is 8.85. The summed E-state index contributed by atoms with van der Waals surface area (Å²) in [6, 6.07) is 7.68. The molecule has 1 rings (SSSR count). The number of hydrogen-bond acceptors (Lipinski definition) is 3. The van der Waals surface area contributed by atoms with Crippen LogP contribution in [0.1, 0.15) is 11.1 Å². The maximum atomic E-state index is 8.85. The molecule has 0 unspecified atom stereocenters. The summed E-state index contributed by atoms with van der Waals surface area (Å²) in [5.74, 6) is 0. The summed E-state index contributed by atoms with van der Waals surface area (Å²) >= 11 is 0. The van der Waals surface area contributed by atoms with E-state index in [-0.39, 0.29) is 6.61 Å². The first kappa shape index (κ1) is 10.5. The third kappa shape index (κ3) is 2.71. The third-order valence-electron chi connectivity index (χ3n) is 1.94. The molecule has 3 nitrogen and oxygen atoms in total. The Hall–Kier alpha value is -1.61. The lowest BCUT2D eigenvalue weighted by Crippen LogP contribution is -2.07. The SMILES string of the molecule is C=CN(Cc1ccc(CO)cc1)N=C. The molecule has 0 saturated heterocycles.